The Kier molecular flexibility index (Phi) is 6.57. The average Bonchev–Trinajstić information content (AvgIpc) is 2.79. The lowest BCUT2D eigenvalue weighted by atomic mass is 9.94. The van der Waals surface area contributed by atoms with Crippen molar-refractivity contribution in [1.82, 2.24) is 0 Å². The van der Waals surface area contributed by atoms with Crippen LogP contribution < -0.4 is 14.8 Å². The molecule has 1 aliphatic rings. The van der Waals surface area contributed by atoms with Gasteiger partial charge in [0.25, 0.3) is 0 Å². The number of amides is 1. The summed E-state index contributed by atoms with van der Waals surface area (Å²) in [6.07, 6.45) is -1.49. The number of anilines is 1. The average molecular weight is 506 g/mol. The van der Waals surface area contributed by atoms with Crippen LogP contribution in [0.25, 0.3) is 11.1 Å². The van der Waals surface area contributed by atoms with Gasteiger partial charge in [-0.2, -0.15) is 8.78 Å². The molecular weight excluding hydrogens is 488 g/mol. The molecule has 0 spiro atoms. The molecule has 1 N–H and O–H groups in total. The normalized spacial score (nSPS) is 14.2. The van der Waals surface area contributed by atoms with Gasteiger partial charge >= 0.3 is 12.7 Å². The molecule has 9 heteroatoms. The molecule has 0 radical (unpaired) electrons. The van der Waals surface area contributed by atoms with Gasteiger partial charge in [0.2, 0.25) is 6.29 Å². The van der Waals surface area contributed by atoms with E-state index >= 15 is 0 Å². The lowest BCUT2D eigenvalue weighted by Crippen LogP contribution is -2.19. The van der Waals surface area contributed by atoms with Crippen molar-refractivity contribution in [3.63, 3.8) is 0 Å². The monoisotopic (exact) mass is 505 g/mol. The Morgan fingerprint density at radius 1 is 1.12 bits per heavy atom. The smallest absolute Gasteiger partial charge is 0.411 e. The van der Waals surface area contributed by atoms with Gasteiger partial charge in [-0.3, -0.25) is 5.32 Å². The molecular formula is C23H18BrF2NO5. The molecule has 3 aromatic rings. The third-order valence-corrected chi connectivity index (χ3v) is 5.64. The van der Waals surface area contributed by atoms with Crippen molar-refractivity contribution in [3.05, 3.63) is 76.3 Å². The van der Waals surface area contributed by atoms with Crippen molar-refractivity contribution < 1.29 is 32.5 Å². The maximum absolute atomic E-state index is 12.9. The Bertz CT molecular complexity index is 1130. The van der Waals surface area contributed by atoms with Crippen LogP contribution in [0.15, 0.2) is 65.1 Å². The van der Waals surface area contributed by atoms with Gasteiger partial charge in [0.05, 0.1) is 15.7 Å². The van der Waals surface area contributed by atoms with Gasteiger partial charge in [0, 0.05) is 12.7 Å². The maximum Gasteiger partial charge on any atom is 0.411 e. The molecule has 166 valence electrons. The zero-order chi connectivity index (χ0) is 22.7. The number of hydrogen-bond acceptors (Lipinski definition) is 5. The number of carbonyl (C=O) groups is 1. The zero-order valence-corrected chi connectivity index (χ0v) is 18.4. The number of methoxy groups -OCH3 is 1. The van der Waals surface area contributed by atoms with E-state index in [1.54, 1.807) is 24.3 Å². The summed E-state index contributed by atoms with van der Waals surface area (Å²) in [5.41, 5.74) is 2.72. The Hall–Kier alpha value is -3.17. The third-order valence-electron chi connectivity index (χ3n) is 4.79. The van der Waals surface area contributed by atoms with Crippen molar-refractivity contribution in [1.29, 1.82) is 0 Å². The Balaban J connectivity index is 1.64. The molecule has 0 saturated carbocycles. The van der Waals surface area contributed by atoms with Crippen LogP contribution in [0.5, 0.6) is 11.5 Å². The summed E-state index contributed by atoms with van der Waals surface area (Å²) in [7, 11) is 1.46. The van der Waals surface area contributed by atoms with E-state index in [2.05, 4.69) is 26.0 Å². The number of carbonyl (C=O) groups excluding carboxylic acids is 1. The van der Waals surface area contributed by atoms with Gasteiger partial charge in [0.1, 0.15) is 18.1 Å². The highest BCUT2D eigenvalue weighted by Crippen LogP contribution is 2.51. The first-order valence-corrected chi connectivity index (χ1v) is 10.3. The maximum atomic E-state index is 12.9. The second-order valence-corrected chi connectivity index (χ2v) is 7.56. The molecule has 1 heterocycles. The molecule has 0 bridgehead atoms. The fourth-order valence-electron chi connectivity index (χ4n) is 3.42. The van der Waals surface area contributed by atoms with Crippen LogP contribution in [0.4, 0.5) is 19.3 Å². The number of alkyl halides is 2. The molecule has 1 atom stereocenters. The Morgan fingerprint density at radius 2 is 1.91 bits per heavy atom. The van der Waals surface area contributed by atoms with E-state index < -0.39 is 19.0 Å². The summed E-state index contributed by atoms with van der Waals surface area (Å²) < 4.78 is 47.6. The van der Waals surface area contributed by atoms with E-state index in [1.807, 2.05) is 30.3 Å². The molecule has 0 aromatic heterocycles. The van der Waals surface area contributed by atoms with Gasteiger partial charge in [-0.05, 0) is 45.3 Å². The highest BCUT2D eigenvalue weighted by atomic mass is 79.9. The number of ether oxygens (including phenoxy) is 4. The first-order chi connectivity index (χ1) is 15.5. The first-order valence-electron chi connectivity index (χ1n) is 9.55. The summed E-state index contributed by atoms with van der Waals surface area (Å²) in [4.78, 5) is 12.3. The van der Waals surface area contributed by atoms with Crippen molar-refractivity contribution in [2.45, 2.75) is 19.5 Å². The minimum atomic E-state index is -2.99. The standard InChI is InChI=1S/C23H18BrF2NO5/c1-29-21-19-14(18-16(31-21)8-5-9-17(18)32-22(25)26)10-11-15(20(19)24)27-23(28)30-12-13-6-3-2-4-7-13/h2-11,21-22H,12H2,1H3,(H,27,28). The van der Waals surface area contributed by atoms with Crippen LogP contribution in [0.1, 0.15) is 17.4 Å². The van der Waals surface area contributed by atoms with E-state index in [9.17, 15) is 13.6 Å². The fourth-order valence-corrected chi connectivity index (χ4v) is 4.05. The quantitative estimate of drug-likeness (QED) is 0.413. The summed E-state index contributed by atoms with van der Waals surface area (Å²) in [5, 5.41) is 2.68. The van der Waals surface area contributed by atoms with E-state index in [-0.39, 0.29) is 12.4 Å². The minimum absolute atomic E-state index is 0.0248. The lowest BCUT2D eigenvalue weighted by molar-refractivity contribution is -0.0607. The highest BCUT2D eigenvalue weighted by molar-refractivity contribution is 9.10. The van der Waals surface area contributed by atoms with Crippen molar-refractivity contribution >= 4 is 27.7 Å². The van der Waals surface area contributed by atoms with Gasteiger partial charge in [0.15, 0.2) is 0 Å². The highest BCUT2D eigenvalue weighted by Gasteiger charge is 2.32. The van der Waals surface area contributed by atoms with Crippen molar-refractivity contribution in [2.24, 2.45) is 0 Å². The minimum Gasteiger partial charge on any atom is -0.460 e. The van der Waals surface area contributed by atoms with Crippen LogP contribution in [0.3, 0.4) is 0 Å². The fraction of sp³-hybridized carbons (Fsp3) is 0.174. The number of benzene rings is 3. The van der Waals surface area contributed by atoms with E-state index in [1.165, 1.54) is 13.2 Å². The van der Waals surface area contributed by atoms with Crippen LogP contribution in [0.2, 0.25) is 0 Å². The molecule has 6 nitrogen and oxygen atoms in total. The Morgan fingerprint density at radius 3 is 2.62 bits per heavy atom. The van der Waals surface area contributed by atoms with Crippen molar-refractivity contribution in [3.8, 4) is 22.6 Å². The molecule has 3 aromatic carbocycles. The summed E-state index contributed by atoms with van der Waals surface area (Å²) in [5.74, 6) is 0.320. The summed E-state index contributed by atoms with van der Waals surface area (Å²) >= 11 is 3.48. The zero-order valence-electron chi connectivity index (χ0n) is 16.8. The molecule has 0 aliphatic carbocycles. The van der Waals surface area contributed by atoms with Gasteiger partial charge in [-0.15, -0.1) is 0 Å². The number of rotatable bonds is 6. The molecule has 1 unspecified atom stereocenters. The lowest BCUT2D eigenvalue weighted by Gasteiger charge is -2.30. The predicted octanol–water partition coefficient (Wildman–Crippen LogP) is 6.50. The largest absolute Gasteiger partial charge is 0.460 e. The van der Waals surface area contributed by atoms with Crippen LogP contribution in [-0.4, -0.2) is 19.8 Å². The van der Waals surface area contributed by atoms with Crippen LogP contribution in [-0.2, 0) is 16.1 Å². The number of hydrogen-bond donors (Lipinski definition) is 1. The SMILES string of the molecule is COC1Oc2cccc(OC(F)F)c2-c2ccc(NC(=O)OCc3ccccc3)c(Br)c21. The molecule has 0 fully saturated rings. The molecule has 32 heavy (non-hydrogen) atoms. The van der Waals surface area contributed by atoms with Gasteiger partial charge in [-0.25, -0.2) is 4.79 Å². The summed E-state index contributed by atoms with van der Waals surface area (Å²) in [6.45, 7) is -2.88. The second kappa shape index (κ2) is 9.54. The molecule has 0 saturated heterocycles. The summed E-state index contributed by atoms with van der Waals surface area (Å²) in [6, 6.07) is 17.2. The Labute approximate surface area is 191 Å². The third kappa shape index (κ3) is 4.53. The number of nitrogens with one attached hydrogen (secondary N) is 1. The molecule has 1 amide bonds. The molecule has 1 aliphatic heterocycles. The predicted molar refractivity (Wildman–Crippen MR) is 117 cm³/mol. The first kappa shape index (κ1) is 22.0. The van der Waals surface area contributed by atoms with Crippen LogP contribution >= 0.6 is 15.9 Å². The molecule has 4 rings (SSSR count). The second-order valence-electron chi connectivity index (χ2n) is 6.77. The van der Waals surface area contributed by atoms with Gasteiger partial charge in [-0.1, -0.05) is 42.5 Å². The van der Waals surface area contributed by atoms with Crippen molar-refractivity contribution in [2.75, 3.05) is 12.4 Å². The van der Waals surface area contributed by atoms with E-state index in [4.69, 9.17) is 14.2 Å². The van der Waals surface area contributed by atoms with E-state index in [0.29, 0.717) is 32.6 Å². The number of fused-ring (bicyclic) bond motifs is 3. The number of halogens is 3. The van der Waals surface area contributed by atoms with Crippen LogP contribution in [0, 0.1) is 0 Å². The van der Waals surface area contributed by atoms with Gasteiger partial charge < -0.3 is 18.9 Å². The topological polar surface area (TPSA) is 66.0 Å². The van der Waals surface area contributed by atoms with E-state index in [0.717, 1.165) is 5.56 Å².